The molecule has 1 aliphatic rings. The van der Waals surface area contributed by atoms with E-state index in [4.69, 9.17) is 10.5 Å². The van der Waals surface area contributed by atoms with Gasteiger partial charge in [0.05, 0.1) is 7.11 Å². The zero-order valence-electron chi connectivity index (χ0n) is 7.71. The van der Waals surface area contributed by atoms with Crippen LogP contribution in [0.4, 0.5) is 0 Å². The highest BCUT2D eigenvalue weighted by Crippen LogP contribution is 2.27. The third-order valence-electron chi connectivity index (χ3n) is 2.39. The van der Waals surface area contributed by atoms with Crippen molar-refractivity contribution in [3.63, 3.8) is 0 Å². The number of nitrogens with two attached hydrogens (primary N) is 1. The van der Waals surface area contributed by atoms with Gasteiger partial charge in [-0.05, 0) is 29.7 Å². The molecule has 2 rings (SSSR count). The minimum absolute atomic E-state index is 0.650. The summed E-state index contributed by atoms with van der Waals surface area (Å²) in [7, 11) is 1.69. The Balaban J connectivity index is 2.33. The standard InChI is InChI=1S/C11H13NO/c1-13-11-3-2-9-4-8(7-12)5-10(9)6-11/h2-4,6H,5,7,12H2,1H3. The van der Waals surface area contributed by atoms with Gasteiger partial charge in [0.15, 0.2) is 0 Å². The molecule has 0 saturated carbocycles. The highest BCUT2D eigenvalue weighted by Gasteiger charge is 2.11. The first-order chi connectivity index (χ1) is 6.33. The summed E-state index contributed by atoms with van der Waals surface area (Å²) in [4.78, 5) is 0. The van der Waals surface area contributed by atoms with Crippen molar-refractivity contribution in [2.24, 2.45) is 5.73 Å². The number of methoxy groups -OCH3 is 1. The number of rotatable bonds is 2. The quantitative estimate of drug-likeness (QED) is 0.740. The molecule has 68 valence electrons. The van der Waals surface area contributed by atoms with Crippen molar-refractivity contribution >= 4 is 6.08 Å². The topological polar surface area (TPSA) is 35.2 Å². The maximum Gasteiger partial charge on any atom is 0.119 e. The maximum atomic E-state index is 5.58. The molecule has 0 radical (unpaired) electrons. The Labute approximate surface area is 78.0 Å². The summed E-state index contributed by atoms with van der Waals surface area (Å²) in [5, 5.41) is 0. The van der Waals surface area contributed by atoms with Gasteiger partial charge in [0.25, 0.3) is 0 Å². The monoisotopic (exact) mass is 175 g/mol. The lowest BCUT2D eigenvalue weighted by molar-refractivity contribution is 0.414. The first-order valence-electron chi connectivity index (χ1n) is 4.40. The third kappa shape index (κ3) is 1.45. The van der Waals surface area contributed by atoms with Gasteiger partial charge in [-0.3, -0.25) is 0 Å². The van der Waals surface area contributed by atoms with Crippen LogP contribution in [0.2, 0.25) is 0 Å². The molecule has 13 heavy (non-hydrogen) atoms. The fourth-order valence-electron chi connectivity index (χ4n) is 1.65. The molecule has 2 nitrogen and oxygen atoms in total. The molecule has 2 N–H and O–H groups in total. The van der Waals surface area contributed by atoms with Crippen LogP contribution < -0.4 is 10.5 Å². The predicted molar refractivity (Wildman–Crippen MR) is 53.7 cm³/mol. The van der Waals surface area contributed by atoms with Gasteiger partial charge in [-0.15, -0.1) is 0 Å². The smallest absolute Gasteiger partial charge is 0.119 e. The molecule has 0 aromatic heterocycles. The van der Waals surface area contributed by atoms with Crippen molar-refractivity contribution in [3.05, 3.63) is 34.9 Å². The minimum atomic E-state index is 0.650. The molecule has 0 amide bonds. The van der Waals surface area contributed by atoms with E-state index in [9.17, 15) is 0 Å². The summed E-state index contributed by atoms with van der Waals surface area (Å²) in [6.07, 6.45) is 3.14. The number of hydrogen-bond acceptors (Lipinski definition) is 2. The van der Waals surface area contributed by atoms with Crippen LogP contribution in [0.15, 0.2) is 23.8 Å². The molecule has 0 atom stereocenters. The lowest BCUT2D eigenvalue weighted by Crippen LogP contribution is -2.02. The van der Waals surface area contributed by atoms with Crippen LogP contribution in [-0.2, 0) is 6.42 Å². The van der Waals surface area contributed by atoms with E-state index in [1.165, 1.54) is 16.7 Å². The van der Waals surface area contributed by atoms with Gasteiger partial charge in [0.1, 0.15) is 5.75 Å². The Morgan fingerprint density at radius 1 is 1.46 bits per heavy atom. The van der Waals surface area contributed by atoms with Gasteiger partial charge >= 0.3 is 0 Å². The summed E-state index contributed by atoms with van der Waals surface area (Å²) in [6.45, 7) is 0.650. The molecule has 0 unspecified atom stereocenters. The molecule has 1 aromatic rings. The van der Waals surface area contributed by atoms with Crippen LogP contribution in [0.3, 0.4) is 0 Å². The number of ether oxygens (including phenoxy) is 1. The second-order valence-electron chi connectivity index (χ2n) is 3.25. The SMILES string of the molecule is COc1ccc2c(c1)CC(CN)=C2. The van der Waals surface area contributed by atoms with Crippen molar-refractivity contribution in [3.8, 4) is 5.75 Å². The van der Waals surface area contributed by atoms with Gasteiger partial charge in [-0.1, -0.05) is 17.7 Å². The zero-order chi connectivity index (χ0) is 9.26. The average Bonchev–Trinajstić information content (AvgIpc) is 2.58. The Morgan fingerprint density at radius 2 is 2.31 bits per heavy atom. The first-order valence-corrected chi connectivity index (χ1v) is 4.40. The van der Waals surface area contributed by atoms with Crippen molar-refractivity contribution in [1.29, 1.82) is 0 Å². The zero-order valence-corrected chi connectivity index (χ0v) is 7.71. The predicted octanol–water partition coefficient (Wildman–Crippen LogP) is 1.59. The first kappa shape index (κ1) is 8.32. The van der Waals surface area contributed by atoms with Crippen LogP contribution in [-0.4, -0.2) is 13.7 Å². The summed E-state index contributed by atoms with van der Waals surface area (Å²) in [6, 6.07) is 6.14. The fraction of sp³-hybridized carbons (Fsp3) is 0.273. The van der Waals surface area contributed by atoms with Gasteiger partial charge in [0, 0.05) is 6.54 Å². The van der Waals surface area contributed by atoms with E-state index in [0.29, 0.717) is 6.54 Å². The van der Waals surface area contributed by atoms with Gasteiger partial charge in [0.2, 0.25) is 0 Å². The molecule has 0 heterocycles. The van der Waals surface area contributed by atoms with E-state index in [2.05, 4.69) is 18.2 Å². The Morgan fingerprint density at radius 3 is 3.00 bits per heavy atom. The summed E-state index contributed by atoms with van der Waals surface area (Å²) in [5.41, 5.74) is 9.48. The Kier molecular flexibility index (Phi) is 2.07. The van der Waals surface area contributed by atoms with E-state index in [1.54, 1.807) is 7.11 Å². The van der Waals surface area contributed by atoms with Crippen LogP contribution in [0.5, 0.6) is 5.75 Å². The van der Waals surface area contributed by atoms with E-state index >= 15 is 0 Å². The number of fused-ring (bicyclic) bond motifs is 1. The molecule has 1 aliphatic carbocycles. The number of hydrogen-bond donors (Lipinski definition) is 1. The van der Waals surface area contributed by atoms with Crippen LogP contribution in [0, 0.1) is 0 Å². The van der Waals surface area contributed by atoms with E-state index in [0.717, 1.165) is 12.2 Å². The molecule has 0 bridgehead atoms. The van der Waals surface area contributed by atoms with Gasteiger partial charge < -0.3 is 10.5 Å². The third-order valence-corrected chi connectivity index (χ3v) is 2.39. The largest absolute Gasteiger partial charge is 0.497 e. The average molecular weight is 175 g/mol. The van der Waals surface area contributed by atoms with E-state index < -0.39 is 0 Å². The molecule has 1 aromatic carbocycles. The molecular weight excluding hydrogens is 162 g/mol. The Bertz CT molecular complexity index is 355. The molecule has 0 spiro atoms. The molecule has 0 saturated heterocycles. The highest BCUT2D eigenvalue weighted by atomic mass is 16.5. The summed E-state index contributed by atoms with van der Waals surface area (Å²) >= 11 is 0. The lowest BCUT2D eigenvalue weighted by atomic mass is 10.1. The van der Waals surface area contributed by atoms with Crippen LogP contribution >= 0.6 is 0 Å². The van der Waals surface area contributed by atoms with Crippen molar-refractivity contribution in [2.75, 3.05) is 13.7 Å². The summed E-state index contributed by atoms with van der Waals surface area (Å²) < 4.78 is 5.15. The molecule has 2 heteroatoms. The Hall–Kier alpha value is -1.28. The minimum Gasteiger partial charge on any atom is -0.497 e. The maximum absolute atomic E-state index is 5.58. The second kappa shape index (κ2) is 3.23. The normalized spacial score (nSPS) is 13.8. The number of benzene rings is 1. The van der Waals surface area contributed by atoms with Gasteiger partial charge in [-0.2, -0.15) is 0 Å². The lowest BCUT2D eigenvalue weighted by Gasteiger charge is -2.02. The molecule has 0 fully saturated rings. The summed E-state index contributed by atoms with van der Waals surface area (Å²) in [5.74, 6) is 0.922. The van der Waals surface area contributed by atoms with E-state index in [-0.39, 0.29) is 0 Å². The second-order valence-corrected chi connectivity index (χ2v) is 3.25. The van der Waals surface area contributed by atoms with E-state index in [1.807, 2.05) is 6.07 Å². The van der Waals surface area contributed by atoms with Crippen LogP contribution in [0.25, 0.3) is 6.08 Å². The van der Waals surface area contributed by atoms with Crippen LogP contribution in [0.1, 0.15) is 11.1 Å². The van der Waals surface area contributed by atoms with Crippen molar-refractivity contribution < 1.29 is 4.74 Å². The highest BCUT2D eigenvalue weighted by molar-refractivity contribution is 5.65. The van der Waals surface area contributed by atoms with Crippen molar-refractivity contribution in [2.45, 2.75) is 6.42 Å². The van der Waals surface area contributed by atoms with Crippen molar-refractivity contribution in [1.82, 2.24) is 0 Å². The van der Waals surface area contributed by atoms with Gasteiger partial charge in [-0.25, -0.2) is 0 Å². The molecule has 0 aliphatic heterocycles. The fourth-order valence-corrected chi connectivity index (χ4v) is 1.65. The molecular formula is C11H13NO.